The number of hydrogen-bond donors (Lipinski definition) is 6. The van der Waals surface area contributed by atoms with Gasteiger partial charge in [0.05, 0.1) is 28.1 Å². The Kier molecular flexibility index (Phi) is 20.3. The van der Waals surface area contributed by atoms with Crippen molar-refractivity contribution < 1.29 is 53.9 Å². The summed E-state index contributed by atoms with van der Waals surface area (Å²) in [5.74, 6) is -0.971. The largest absolute Gasteiger partial charge is 0.494 e. The molecule has 66 heavy (non-hydrogen) atoms. The van der Waals surface area contributed by atoms with Crippen LogP contribution in [0.1, 0.15) is 58.2 Å². The van der Waals surface area contributed by atoms with Crippen LogP contribution in [0, 0.1) is 22.5 Å². The van der Waals surface area contributed by atoms with Crippen molar-refractivity contribution in [1.29, 1.82) is 10.8 Å². The zero-order valence-electron chi connectivity index (χ0n) is 36.3. The third-order valence-corrected chi connectivity index (χ3v) is 10.5. The summed E-state index contributed by atoms with van der Waals surface area (Å²) < 4.78 is 123. The molecule has 8 N–H and O–H groups in total. The molecule has 0 radical (unpaired) electrons. The van der Waals surface area contributed by atoms with Crippen LogP contribution in [-0.2, 0) is 32.0 Å². The molecule has 1 aliphatic heterocycles. The number of benzene rings is 4. The molecule has 0 bridgehead atoms. The minimum absolute atomic E-state index is 0.0241. The highest BCUT2D eigenvalue weighted by molar-refractivity contribution is 14.1. The summed E-state index contributed by atoms with van der Waals surface area (Å²) in [5.41, 5.74) is 13.3. The molecule has 4 aromatic carbocycles. The molecule has 0 aromatic heterocycles. The Bertz CT molecular complexity index is 2320. The van der Waals surface area contributed by atoms with Gasteiger partial charge in [0.2, 0.25) is 0 Å². The number of nitrogens with one attached hydrogen (secondary N) is 4. The van der Waals surface area contributed by atoms with E-state index in [9.17, 15) is 35.1 Å². The summed E-state index contributed by atoms with van der Waals surface area (Å²) >= 11 is 14.2. The molecule has 1 aliphatic rings. The van der Waals surface area contributed by atoms with E-state index in [1.807, 2.05) is 50.3 Å². The van der Waals surface area contributed by atoms with E-state index in [2.05, 4.69) is 10.6 Å². The minimum atomic E-state index is -4.47. The molecule has 4 aromatic rings. The molecular weight excluding hydrogens is 1040 g/mol. The smallest absolute Gasteiger partial charge is 0.399 e. The third kappa shape index (κ3) is 18.7. The van der Waals surface area contributed by atoms with Crippen molar-refractivity contribution in [3.05, 3.63) is 139 Å². The predicted octanol–water partition coefficient (Wildman–Crippen LogP) is 11.9. The first-order valence-electron chi connectivity index (χ1n) is 19.6. The zero-order valence-corrected chi connectivity index (χ0v) is 40.0. The predicted molar refractivity (Wildman–Crippen MR) is 253 cm³/mol. The molecular formula is C44H48BCl2F8IN6O4. The number of hydrogen-bond acceptors (Lipinski definition) is 8. The van der Waals surface area contributed by atoms with E-state index in [1.165, 1.54) is 54.6 Å². The van der Waals surface area contributed by atoms with Crippen LogP contribution >= 0.6 is 45.8 Å². The summed E-state index contributed by atoms with van der Waals surface area (Å²) in [4.78, 5) is 0. The first-order chi connectivity index (χ1) is 30.4. The van der Waals surface area contributed by atoms with Crippen LogP contribution in [0.5, 0.6) is 0 Å². The molecule has 5 rings (SSSR count). The van der Waals surface area contributed by atoms with Gasteiger partial charge in [-0.1, -0.05) is 29.3 Å². The first-order valence-corrected chi connectivity index (χ1v) is 21.4. The van der Waals surface area contributed by atoms with Crippen LogP contribution in [0.2, 0.25) is 10.0 Å². The molecule has 22 heteroatoms. The fraction of sp³-hybridized carbons (Fsp3) is 0.318. The zero-order chi connectivity index (χ0) is 49.8. The Labute approximate surface area is 401 Å². The highest BCUT2D eigenvalue weighted by Gasteiger charge is 2.52. The van der Waals surface area contributed by atoms with Crippen molar-refractivity contribution in [2.45, 2.75) is 90.5 Å². The number of anilines is 2. The second-order valence-electron chi connectivity index (χ2n) is 15.5. The van der Waals surface area contributed by atoms with Crippen LogP contribution in [0.25, 0.3) is 5.70 Å². The van der Waals surface area contributed by atoms with E-state index >= 15 is 0 Å². The van der Waals surface area contributed by atoms with Gasteiger partial charge in [-0.15, -0.1) is 0 Å². The Morgan fingerprint density at radius 1 is 0.697 bits per heavy atom. The number of alkyl halides is 6. The van der Waals surface area contributed by atoms with Gasteiger partial charge < -0.3 is 40.9 Å². The topological polar surface area (TPSA) is 161 Å². The van der Waals surface area contributed by atoms with Gasteiger partial charge in [0.25, 0.3) is 0 Å². The van der Waals surface area contributed by atoms with Gasteiger partial charge in [0.1, 0.15) is 23.3 Å². The van der Waals surface area contributed by atoms with Gasteiger partial charge in [0, 0.05) is 39.3 Å². The quantitative estimate of drug-likeness (QED) is 0.0182. The molecule has 10 nitrogen and oxygen atoms in total. The van der Waals surface area contributed by atoms with Crippen LogP contribution in [-0.4, -0.2) is 54.6 Å². The summed E-state index contributed by atoms with van der Waals surface area (Å²) in [6, 6.07) is 21.0. The van der Waals surface area contributed by atoms with Crippen LogP contribution in [0.15, 0.2) is 101 Å². The number of halogens is 11. The monoisotopic (exact) mass is 1080 g/mol. The lowest BCUT2D eigenvalue weighted by atomic mass is 9.78. The molecule has 1 saturated heterocycles. The lowest BCUT2D eigenvalue weighted by Crippen LogP contribution is -2.41. The van der Waals surface area contributed by atoms with Crippen LogP contribution in [0.3, 0.4) is 0 Å². The summed E-state index contributed by atoms with van der Waals surface area (Å²) in [7, 11) is -0.632. The molecule has 1 fully saturated rings. The number of rotatable bonds is 14. The average molecular weight is 1090 g/mol. The van der Waals surface area contributed by atoms with E-state index in [0.717, 1.165) is 19.5 Å². The number of nitrogens with two attached hydrogens (primary N) is 2. The summed E-state index contributed by atoms with van der Waals surface area (Å²) in [5, 5.41) is 21.1. The van der Waals surface area contributed by atoms with Crippen LogP contribution < -0.4 is 27.6 Å². The van der Waals surface area contributed by atoms with Crippen molar-refractivity contribution in [2.24, 2.45) is 11.5 Å². The molecule has 0 spiro atoms. The van der Waals surface area contributed by atoms with Gasteiger partial charge in [-0.25, -0.2) is 8.78 Å². The standard InChI is InChI=1S/C19H18ClF4N3O.C16H21BClF3O3.C9H9FIN3/c1-11(19(22,23)24)28-10-12-6-13(8-14(20)7-12)17(9-18(25)26)27-16-4-2-15(21)3-5-16;1-10(16(19,20)21)22-9-11-6-12(8-13(18)7-11)17-23-14(2,3)15(4,5)24-17;10-6-1-3-7(4-2-6)14-8(11)5-9(12)13/h2-9,11,27H,10H2,1H3,(H3,25,26);6-8,10H,9H2,1-5H3;1-5,14H,(H3,12,13)/b17-9-;;8-5-/t11-;10-;/m11./s1. The van der Waals surface area contributed by atoms with Gasteiger partial charge in [0.15, 0.2) is 12.2 Å². The van der Waals surface area contributed by atoms with Gasteiger partial charge in [-0.3, -0.25) is 10.8 Å². The van der Waals surface area contributed by atoms with Gasteiger partial charge in [-0.05, 0) is 165 Å². The van der Waals surface area contributed by atoms with Crippen molar-refractivity contribution >= 4 is 87.1 Å². The molecule has 358 valence electrons. The average Bonchev–Trinajstić information content (AvgIpc) is 3.42. The molecule has 2 atom stereocenters. The first kappa shape index (κ1) is 55.9. The normalized spacial score (nSPS) is 15.7. The van der Waals surface area contributed by atoms with E-state index in [4.69, 9.17) is 64.3 Å². The van der Waals surface area contributed by atoms with E-state index in [1.54, 1.807) is 42.5 Å². The second kappa shape index (κ2) is 24.0. The maximum absolute atomic E-state index is 13.1. The van der Waals surface area contributed by atoms with Crippen molar-refractivity contribution in [3.63, 3.8) is 0 Å². The molecule has 0 unspecified atom stereocenters. The van der Waals surface area contributed by atoms with Gasteiger partial charge in [-0.2, -0.15) is 26.3 Å². The molecule has 0 saturated carbocycles. The van der Waals surface area contributed by atoms with E-state index < -0.39 is 48.7 Å². The third-order valence-electron chi connectivity index (χ3n) is 9.51. The highest BCUT2D eigenvalue weighted by atomic mass is 127. The number of ether oxygens (including phenoxy) is 2. The maximum atomic E-state index is 13.1. The fourth-order valence-corrected chi connectivity index (χ4v) is 6.44. The Morgan fingerprint density at radius 3 is 1.53 bits per heavy atom. The SMILES string of the molecule is C[C@@H](OCc1cc(Cl)cc(/C(=C/C(=N)N)Nc2ccc(F)cc2)c1)C(F)(F)F.C[C@@H](OCc1cc(Cl)cc(B2OC(C)(C)C(C)(C)O2)c1)C(F)(F)F.N=C(N)/C=C(/I)Nc1ccc(F)cc1. The Morgan fingerprint density at radius 2 is 1.11 bits per heavy atom. The van der Waals surface area contributed by atoms with E-state index in [-0.39, 0.29) is 35.7 Å². The van der Waals surface area contributed by atoms with Crippen molar-refractivity contribution in [1.82, 2.24) is 0 Å². The lowest BCUT2D eigenvalue weighted by molar-refractivity contribution is -0.217. The maximum Gasteiger partial charge on any atom is 0.494 e. The summed E-state index contributed by atoms with van der Waals surface area (Å²) in [6.07, 6.45) is -9.85. The van der Waals surface area contributed by atoms with Gasteiger partial charge >= 0.3 is 19.5 Å². The highest BCUT2D eigenvalue weighted by Crippen LogP contribution is 2.37. The lowest BCUT2D eigenvalue weighted by Gasteiger charge is -2.32. The Hall–Kier alpha value is -4.45. The van der Waals surface area contributed by atoms with E-state index in [0.29, 0.717) is 42.3 Å². The second-order valence-corrected chi connectivity index (χ2v) is 17.6. The Balaban J connectivity index is 0.000000277. The fourth-order valence-electron chi connectivity index (χ4n) is 5.27. The molecule has 1 heterocycles. The molecule has 0 aliphatic carbocycles. The van der Waals surface area contributed by atoms with Crippen molar-refractivity contribution in [3.8, 4) is 0 Å². The number of amidine groups is 2. The molecule has 0 amide bonds. The van der Waals surface area contributed by atoms with Crippen LogP contribution in [0.4, 0.5) is 46.5 Å². The van der Waals surface area contributed by atoms with Crippen molar-refractivity contribution in [2.75, 3.05) is 10.6 Å². The minimum Gasteiger partial charge on any atom is -0.399 e. The summed E-state index contributed by atoms with van der Waals surface area (Å²) in [6.45, 7) is 9.08.